The number of halogens is 2. The van der Waals surface area contributed by atoms with E-state index in [2.05, 4.69) is 297 Å². The van der Waals surface area contributed by atoms with E-state index in [9.17, 15) is 24.0 Å². The number of nitrogens with two attached hydrogens (primary N) is 1. The quantitative estimate of drug-likeness (QED) is 0.0778. The fraction of sp³-hybridized carbons (Fsp3) is 0.0391. The first-order chi connectivity index (χ1) is 66.0. The molecular weight excluding hydrogens is 1810 g/mol. The molecule has 658 valence electrons. The number of anilines is 1. The van der Waals surface area contributed by atoms with Gasteiger partial charge in [0.25, 0.3) is 6.47 Å². The molecule has 0 saturated heterocycles. The topological polar surface area (TPSA) is 121 Å². The fourth-order valence-corrected chi connectivity index (χ4v) is 21.8. The highest BCUT2D eigenvalue weighted by molar-refractivity contribution is 9.11. The summed E-state index contributed by atoms with van der Waals surface area (Å²) in [5, 5.41) is 25.9. The molecule has 0 spiro atoms. The van der Waals surface area contributed by atoms with E-state index in [1.165, 1.54) is 164 Å². The highest BCUT2D eigenvalue weighted by Gasteiger charge is 2.41. The molecule has 23 aromatic carbocycles. The standard InChI is InChI=1S/C32H19Br.C32H18.C27H16O.C15H14O.C12H6O2.C7H6BrNO2.3CH4/c33-26-19-9-18-25-28(21-10-3-1-4-11-21)31-23-16-7-14-20-15-8-17-24(27(20)23)32(31)29(30(25)26)22-12-5-2-6-13-22;1-2-9-20(10-3-1)28-26-18-8-15-22-21-13-4-5-14-23(21)30(29(22)26)32-25-17-7-12-19-11-6-16-24(27(19)25)31(28)32;28-27-23(18-9-3-1-4-10-18)25-20-15-7-13-17-14-8-16-21(22(17)20)26(25)24(27)19-11-5-2-6-12-19;16-15(11-13-7-3-1-4-8-13)12-14-9-5-2-6-10-14;13-11-8-5-1-3-7-4-2-6-9(10(7)8)12(11)14;8-5-2-1-3-6(9)7(5)11-4-10;;;/h1-19H;1-18H;1-16H;1-10H,11-12H2;1-6H;1-4H,9H2;3*1H4. The average molecular weight is 1900 g/mol. The Hall–Kier alpha value is -16.4. The summed E-state index contributed by atoms with van der Waals surface area (Å²) in [6, 6.07) is 151. The van der Waals surface area contributed by atoms with Gasteiger partial charge in [-0.1, -0.05) is 457 Å². The number of ketones is 4. The third-order valence-corrected chi connectivity index (χ3v) is 27.5. The van der Waals surface area contributed by atoms with Gasteiger partial charge >= 0.3 is 0 Å². The van der Waals surface area contributed by atoms with Gasteiger partial charge in [-0.25, -0.2) is 0 Å². The Morgan fingerprint density at radius 3 is 1.03 bits per heavy atom. The van der Waals surface area contributed by atoms with Crippen LogP contribution in [-0.2, 0) is 27.2 Å². The Morgan fingerprint density at radius 1 is 0.241 bits per heavy atom. The first-order valence-corrected chi connectivity index (χ1v) is 46.3. The highest BCUT2D eigenvalue weighted by Crippen LogP contribution is 2.61. The van der Waals surface area contributed by atoms with Crippen LogP contribution in [0.3, 0.4) is 0 Å². The molecule has 23 aromatic rings. The number of ether oxygens (including phenoxy) is 1. The minimum Gasteiger partial charge on any atom is -0.425 e. The number of hydrogen-bond acceptors (Lipinski definition) is 7. The van der Waals surface area contributed by atoms with Gasteiger partial charge in [-0.15, -0.1) is 0 Å². The Labute approximate surface area is 812 Å². The van der Waals surface area contributed by atoms with Gasteiger partial charge in [0.05, 0.1) is 10.2 Å². The van der Waals surface area contributed by atoms with Crippen molar-refractivity contribution in [1.29, 1.82) is 0 Å². The van der Waals surface area contributed by atoms with Gasteiger partial charge in [-0.2, -0.15) is 0 Å². The third-order valence-electron chi connectivity index (χ3n) is 26.2. The number of allylic oxidation sites excluding steroid dienone is 4. The molecule has 0 aromatic heterocycles. The van der Waals surface area contributed by atoms with Crippen LogP contribution < -0.4 is 10.5 Å². The van der Waals surface area contributed by atoms with Crippen molar-refractivity contribution in [3.63, 3.8) is 0 Å². The van der Waals surface area contributed by atoms with Crippen LogP contribution in [0, 0.1) is 0 Å². The van der Waals surface area contributed by atoms with Gasteiger partial charge in [-0.3, -0.25) is 24.0 Å². The monoisotopic (exact) mass is 1900 g/mol. The van der Waals surface area contributed by atoms with Crippen LogP contribution in [0.4, 0.5) is 5.69 Å². The maximum Gasteiger partial charge on any atom is 0.298 e. The molecule has 9 heteroatoms. The Balaban J connectivity index is 0.000000109. The van der Waals surface area contributed by atoms with Crippen LogP contribution in [0.25, 0.3) is 186 Å². The molecule has 0 unspecified atom stereocenters. The molecule has 0 aliphatic heterocycles. The van der Waals surface area contributed by atoms with E-state index in [4.69, 9.17) is 5.73 Å². The van der Waals surface area contributed by atoms with Crippen molar-refractivity contribution in [1.82, 2.24) is 0 Å². The minimum atomic E-state index is -0.378. The fourth-order valence-electron chi connectivity index (χ4n) is 20.8. The zero-order chi connectivity index (χ0) is 90.6. The lowest BCUT2D eigenvalue weighted by Crippen LogP contribution is -2.06. The second-order valence-corrected chi connectivity index (χ2v) is 35.5. The number of carbonyl (C=O) groups is 5. The predicted octanol–water partition coefficient (Wildman–Crippen LogP) is 33.9. The molecule has 7 nitrogen and oxygen atoms in total. The van der Waals surface area contributed by atoms with Crippen LogP contribution in [0.2, 0.25) is 0 Å². The average Bonchev–Trinajstić information content (AvgIpc) is 1.53. The smallest absolute Gasteiger partial charge is 0.298 e. The SMILES string of the molecule is Brc1cccc2c(-c3ccccc3)c3c(c(-c4ccccc4)c12)-c1cccc2cccc-3c12.C.C.C.Nc1cccc(Br)c1OC=O.O=C(Cc1ccccc1)Cc1ccccc1.O=C1C(=O)c2cccc3cccc1c23.O=C1C(c2ccccc2)=C2C(=C1c1ccccc1)c1cccc3cccc2c13.c1ccc(-c2c3cccc4c5ccccc5c(c34)c3c4cccc5cccc(c23)c54)cc1. The van der Waals surface area contributed by atoms with E-state index >= 15 is 0 Å². The molecule has 0 atom stereocenters. The Kier molecular flexibility index (Phi) is 25.1. The number of fused-ring (bicyclic) bond motifs is 14. The molecule has 2 N–H and O–H groups in total. The van der Waals surface area contributed by atoms with Crippen molar-refractivity contribution >= 4 is 197 Å². The van der Waals surface area contributed by atoms with Crippen LogP contribution in [0.1, 0.15) is 76.4 Å². The van der Waals surface area contributed by atoms with E-state index in [-0.39, 0.29) is 45.4 Å². The largest absolute Gasteiger partial charge is 0.425 e. The molecule has 0 bridgehead atoms. The number of rotatable bonds is 11. The molecule has 0 heterocycles. The zero-order valence-corrected chi connectivity index (χ0v) is 75.5. The second kappa shape index (κ2) is 38.3. The molecule has 4 aliphatic rings. The van der Waals surface area contributed by atoms with Crippen molar-refractivity contribution in [2.45, 2.75) is 35.1 Å². The summed E-state index contributed by atoms with van der Waals surface area (Å²) >= 11 is 7.12. The lowest BCUT2D eigenvalue weighted by atomic mass is 9.82. The summed E-state index contributed by atoms with van der Waals surface area (Å²) in [7, 11) is 0. The van der Waals surface area contributed by atoms with Gasteiger partial charge in [0.15, 0.2) is 11.5 Å². The maximum atomic E-state index is 13.7. The molecule has 0 fully saturated rings. The number of Topliss-reactive ketones (excluding diaryl/α,β-unsaturated/α-hetero) is 4. The summed E-state index contributed by atoms with van der Waals surface area (Å²) in [4.78, 5) is 58.6. The van der Waals surface area contributed by atoms with Gasteiger partial charge in [0.1, 0.15) is 5.78 Å². The lowest BCUT2D eigenvalue weighted by molar-refractivity contribution is -0.121. The molecule has 0 saturated carbocycles. The zero-order valence-electron chi connectivity index (χ0n) is 72.3. The molecule has 0 amide bonds. The highest BCUT2D eigenvalue weighted by atomic mass is 79.9. The van der Waals surface area contributed by atoms with E-state index in [1.807, 2.05) is 133 Å². The number of hydrogen-bond donors (Lipinski definition) is 1. The molecule has 0 radical (unpaired) electrons. The molecule has 27 rings (SSSR count). The van der Waals surface area contributed by atoms with Crippen LogP contribution >= 0.6 is 31.9 Å². The number of carbonyl (C=O) groups excluding carboxylic acids is 5. The summed E-state index contributed by atoms with van der Waals surface area (Å²) < 4.78 is 6.41. The second-order valence-electron chi connectivity index (χ2n) is 33.8. The van der Waals surface area contributed by atoms with Gasteiger partial charge in [0, 0.05) is 61.5 Å². The first kappa shape index (κ1) is 89.8. The van der Waals surface area contributed by atoms with Crippen molar-refractivity contribution in [3.05, 3.63) is 490 Å². The number of para-hydroxylation sites is 1. The summed E-state index contributed by atoms with van der Waals surface area (Å²) in [6.45, 7) is 0.344. The first-order valence-electron chi connectivity index (χ1n) is 44.7. The Bertz CT molecular complexity index is 8520. The van der Waals surface area contributed by atoms with Gasteiger partial charge in [-0.05, 0) is 220 Å². The molecule has 4 aliphatic carbocycles. The van der Waals surface area contributed by atoms with Crippen molar-refractivity contribution in [2.24, 2.45) is 0 Å². The van der Waals surface area contributed by atoms with Crippen LogP contribution in [0.5, 0.6) is 5.75 Å². The predicted molar refractivity (Wildman–Crippen MR) is 583 cm³/mol. The van der Waals surface area contributed by atoms with E-state index in [1.54, 1.807) is 42.5 Å². The normalized spacial score (nSPS) is 12.1. The number of nitrogen functional groups attached to an aromatic ring is 1. The van der Waals surface area contributed by atoms with E-state index < -0.39 is 0 Å². The Morgan fingerprint density at radius 2 is 0.555 bits per heavy atom. The molecule has 137 heavy (non-hydrogen) atoms. The van der Waals surface area contributed by atoms with Gasteiger partial charge in [0.2, 0.25) is 11.6 Å². The number of benzene rings is 21. The van der Waals surface area contributed by atoms with E-state index in [0.29, 0.717) is 46.4 Å². The third kappa shape index (κ3) is 15.8. The summed E-state index contributed by atoms with van der Waals surface area (Å²) in [5.41, 5.74) is 30.4. The summed E-state index contributed by atoms with van der Waals surface area (Å²) in [6.07, 6.45) is 1.05. The van der Waals surface area contributed by atoms with Crippen molar-refractivity contribution in [2.75, 3.05) is 5.73 Å². The van der Waals surface area contributed by atoms with E-state index in [0.717, 1.165) is 59.8 Å². The van der Waals surface area contributed by atoms with Crippen LogP contribution in [0.15, 0.2) is 446 Å². The van der Waals surface area contributed by atoms with Gasteiger partial charge < -0.3 is 10.5 Å². The molecular formula is C128H91Br2NO6. The maximum absolute atomic E-state index is 13.7. The summed E-state index contributed by atoms with van der Waals surface area (Å²) in [5.74, 6) is -0.0117. The van der Waals surface area contributed by atoms with Crippen molar-refractivity contribution in [3.8, 4) is 61.4 Å². The lowest BCUT2D eigenvalue weighted by Gasteiger charge is -2.21. The minimum absolute atomic E-state index is 0. The van der Waals surface area contributed by atoms with Crippen molar-refractivity contribution < 1.29 is 28.7 Å². The van der Waals surface area contributed by atoms with Crippen LogP contribution in [-0.4, -0.2) is 29.6 Å².